The van der Waals surface area contributed by atoms with Crippen molar-refractivity contribution in [2.75, 3.05) is 86.8 Å². The summed E-state index contributed by atoms with van der Waals surface area (Å²) < 4.78 is 26.7. The highest BCUT2D eigenvalue weighted by molar-refractivity contribution is 8.93. The maximum absolute atomic E-state index is 12.9. The molecule has 3 amide bonds. The van der Waals surface area contributed by atoms with Gasteiger partial charge in [-0.25, -0.2) is 38.3 Å². The molecule has 2 aliphatic heterocycles. The molecule has 2 saturated heterocycles. The fourth-order valence-corrected chi connectivity index (χ4v) is 10.1. The quantitative estimate of drug-likeness (QED) is 0.0748. The van der Waals surface area contributed by atoms with E-state index in [-0.39, 0.29) is 69.3 Å². The molecule has 5 N–H and O–H groups in total. The summed E-state index contributed by atoms with van der Waals surface area (Å²) in [5.41, 5.74) is 12.9. The molecule has 24 nitrogen and oxygen atoms in total. The van der Waals surface area contributed by atoms with E-state index in [0.29, 0.717) is 58.5 Å². The van der Waals surface area contributed by atoms with Gasteiger partial charge in [-0.3, -0.25) is 9.59 Å². The Kier molecular flexibility index (Phi) is 19.9. The molecular formula is C58H75Br2N17O7. The first-order chi connectivity index (χ1) is 39.4. The Hall–Kier alpha value is -7.84. The molecule has 84 heavy (non-hydrogen) atoms. The molecule has 0 bridgehead atoms. The summed E-state index contributed by atoms with van der Waals surface area (Å²) in [5, 5.41) is 22.3. The van der Waals surface area contributed by atoms with Crippen molar-refractivity contribution in [2.24, 2.45) is 11.8 Å². The van der Waals surface area contributed by atoms with Crippen LogP contribution in [0.5, 0.6) is 17.2 Å². The molecule has 2 atom stereocenters. The zero-order valence-electron chi connectivity index (χ0n) is 48.9. The van der Waals surface area contributed by atoms with Gasteiger partial charge in [0, 0.05) is 44.8 Å². The van der Waals surface area contributed by atoms with E-state index in [0.717, 1.165) is 104 Å². The van der Waals surface area contributed by atoms with E-state index < -0.39 is 5.60 Å². The Balaban J connectivity index is 0.000000179. The fourth-order valence-electron chi connectivity index (χ4n) is 10.1. The highest BCUT2D eigenvalue weighted by Crippen LogP contribution is 2.33. The summed E-state index contributed by atoms with van der Waals surface area (Å²) in [4.78, 5) is 62.4. The van der Waals surface area contributed by atoms with E-state index in [1.165, 1.54) is 25.2 Å². The first-order valence-corrected chi connectivity index (χ1v) is 27.8. The largest absolute Gasteiger partial charge is 0.493 e. The Bertz CT molecular complexity index is 3580. The van der Waals surface area contributed by atoms with Gasteiger partial charge in [-0.05, 0) is 135 Å². The molecule has 8 aromatic rings. The predicted octanol–water partition coefficient (Wildman–Crippen LogP) is 8.58. The van der Waals surface area contributed by atoms with Gasteiger partial charge in [-0.15, -0.1) is 34.0 Å². The molecule has 0 aromatic carbocycles. The van der Waals surface area contributed by atoms with Crippen molar-refractivity contribution < 1.29 is 33.3 Å². The maximum atomic E-state index is 12.9. The van der Waals surface area contributed by atoms with Crippen LogP contribution >= 0.6 is 34.0 Å². The van der Waals surface area contributed by atoms with Crippen molar-refractivity contribution >= 4 is 97.1 Å². The smallest absolute Gasteiger partial charge is 0.410 e. The second kappa shape index (κ2) is 26.8. The van der Waals surface area contributed by atoms with E-state index in [1.807, 2.05) is 82.8 Å². The van der Waals surface area contributed by atoms with Crippen LogP contribution in [0.25, 0.3) is 16.6 Å². The molecule has 2 aliphatic carbocycles. The van der Waals surface area contributed by atoms with Crippen LogP contribution in [0.2, 0.25) is 0 Å². The van der Waals surface area contributed by atoms with Gasteiger partial charge in [0.25, 0.3) is 11.8 Å². The van der Waals surface area contributed by atoms with Crippen molar-refractivity contribution in [1.29, 1.82) is 0 Å². The molecule has 4 aliphatic rings. The van der Waals surface area contributed by atoms with Gasteiger partial charge in [0.1, 0.15) is 28.6 Å². The van der Waals surface area contributed by atoms with E-state index in [4.69, 9.17) is 24.7 Å². The molecule has 0 unspecified atom stereocenters. The number of rotatable bonds is 15. The Morgan fingerprint density at radius 3 is 1.49 bits per heavy atom. The third kappa shape index (κ3) is 15.5. The second-order valence-corrected chi connectivity index (χ2v) is 22.4. The third-order valence-corrected chi connectivity index (χ3v) is 14.5. The molecule has 8 aromatic heterocycles. The lowest BCUT2D eigenvalue weighted by molar-refractivity contribution is 0.0207. The zero-order chi connectivity index (χ0) is 57.8. The van der Waals surface area contributed by atoms with Crippen molar-refractivity contribution in [1.82, 2.24) is 59.0 Å². The number of nitrogens with zero attached hydrogens (tertiary/aromatic N) is 13. The Morgan fingerprint density at radius 2 is 1.06 bits per heavy atom. The van der Waals surface area contributed by atoms with Crippen LogP contribution in [0, 0.1) is 32.6 Å². The number of fused-ring (bicyclic) bond motifs is 3. The highest BCUT2D eigenvalue weighted by atomic mass is 79.9. The van der Waals surface area contributed by atoms with Crippen LogP contribution in [0.3, 0.4) is 0 Å². The third-order valence-electron chi connectivity index (χ3n) is 14.5. The Morgan fingerprint density at radius 1 is 0.607 bits per heavy atom. The monoisotopic (exact) mass is 1280 g/mol. The van der Waals surface area contributed by atoms with E-state index in [2.05, 4.69) is 61.0 Å². The summed E-state index contributed by atoms with van der Waals surface area (Å²) in [6, 6.07) is 12.3. The molecule has 12 rings (SSSR count). The van der Waals surface area contributed by atoms with Gasteiger partial charge < -0.3 is 55.3 Å². The van der Waals surface area contributed by atoms with Gasteiger partial charge in [0.2, 0.25) is 0 Å². The number of nitrogens with one attached hydrogen (secondary N) is 3. The summed E-state index contributed by atoms with van der Waals surface area (Å²) in [7, 11) is 4.70. The average molecular weight is 1280 g/mol. The van der Waals surface area contributed by atoms with Gasteiger partial charge in [-0.2, -0.15) is 15.3 Å². The number of aromatic nitrogens is 10. The second-order valence-electron chi connectivity index (χ2n) is 22.4. The van der Waals surface area contributed by atoms with E-state index in [1.54, 1.807) is 65.9 Å². The standard InChI is InChI=1S/C27H35N7O4.C22H27N7O2.C9H11N3O.2BrH/c1-17-10-20-11-21(23(37-5)16-34(20)31-17)30-25(35)22-12-29-24(13-28-22)32-9-8-18(14-32)15-33(19-6-7-19)26(36)38-27(2,3)4;1-14-7-17-8-18(20(31-2)13-29(17)27-14)26-22(30)19-10-25-21(11-24-19)28-6-5-15(12-28)9-23-16-3-4-16;1-6-3-7-4-8(10)9(13-2)5-12(7)11-6;;/h10-13,16,18-19H,6-9,14-15H2,1-5H3,(H,30,35);7-8,10-11,13,15-16,23H,3-6,9,12H2,1-2H3,(H,26,30);3-5H,10H2,1-2H3;2*1H/t18-;15-;;;/m01.../s1. The minimum absolute atomic E-state index is 0. The van der Waals surface area contributed by atoms with Crippen molar-refractivity contribution in [3.05, 3.63) is 108 Å². The molecule has 448 valence electrons. The lowest BCUT2D eigenvalue weighted by atomic mass is 10.1. The minimum Gasteiger partial charge on any atom is -0.493 e. The molecule has 4 fully saturated rings. The Labute approximate surface area is 508 Å². The number of aryl methyl sites for hydroxylation is 3. The van der Waals surface area contributed by atoms with Crippen molar-refractivity contribution in [2.45, 2.75) is 97.8 Å². The summed E-state index contributed by atoms with van der Waals surface area (Å²) in [5.74, 6) is 3.46. The number of carbonyl (C=O) groups excluding carboxylic acids is 3. The number of anilines is 5. The number of hydrogen-bond donors (Lipinski definition) is 4. The number of nitrogens with two attached hydrogens (primary N) is 1. The number of halogens is 2. The number of methoxy groups -OCH3 is 3. The fraction of sp³-hybridized carbons (Fsp3) is 0.448. The summed E-state index contributed by atoms with van der Waals surface area (Å²) in [6.45, 7) is 16.7. The van der Waals surface area contributed by atoms with Crippen LogP contribution in [0.1, 0.15) is 97.4 Å². The lowest BCUT2D eigenvalue weighted by Gasteiger charge is -2.29. The average Bonchev–Trinajstić information content (AvgIpc) is 4.41. The van der Waals surface area contributed by atoms with Crippen LogP contribution in [0.15, 0.2) is 79.8 Å². The first-order valence-electron chi connectivity index (χ1n) is 27.8. The number of hydrogen-bond acceptors (Lipinski definition) is 18. The molecule has 0 spiro atoms. The maximum Gasteiger partial charge on any atom is 0.410 e. The minimum atomic E-state index is -0.508. The van der Waals surface area contributed by atoms with Gasteiger partial charge >= 0.3 is 6.09 Å². The molecular weight excluding hydrogens is 1210 g/mol. The number of nitrogen functional groups attached to an aromatic ring is 1. The predicted molar refractivity (Wildman–Crippen MR) is 332 cm³/mol. The number of carbonyl (C=O) groups is 3. The van der Waals surface area contributed by atoms with Gasteiger partial charge in [-0.1, -0.05) is 0 Å². The molecule has 10 heterocycles. The van der Waals surface area contributed by atoms with Crippen LogP contribution < -0.4 is 45.7 Å². The first kappa shape index (κ1) is 62.2. The molecule has 26 heteroatoms. The van der Waals surface area contributed by atoms with Crippen LogP contribution in [-0.4, -0.2) is 150 Å². The lowest BCUT2D eigenvalue weighted by Crippen LogP contribution is -2.41. The molecule has 0 radical (unpaired) electrons. The van der Waals surface area contributed by atoms with E-state index >= 15 is 0 Å². The van der Waals surface area contributed by atoms with Crippen molar-refractivity contribution in [3.8, 4) is 17.2 Å². The topological polar surface area (TPSA) is 263 Å². The molecule has 2 saturated carbocycles. The zero-order valence-corrected chi connectivity index (χ0v) is 52.3. The van der Waals surface area contributed by atoms with Crippen molar-refractivity contribution in [3.63, 3.8) is 0 Å². The number of amides is 3. The van der Waals surface area contributed by atoms with Crippen LogP contribution in [0.4, 0.5) is 33.5 Å². The SMILES string of the molecule is Br.Br.COc1cn2nc(C)cc2cc1N.COc1cn2nc(C)cc2cc1NC(=O)c1cnc(N2CC[C@H](CN(C(=O)OC(C)(C)C)C3CC3)C2)cn1.COc1cn2nc(C)cc2cc1NC(=O)c1cnc(N2CC[C@H](CNC3CC3)C2)cn1. The van der Waals surface area contributed by atoms with Gasteiger partial charge in [0.05, 0.1) is 115 Å². The summed E-state index contributed by atoms with van der Waals surface area (Å²) in [6.07, 6.45) is 18.2. The van der Waals surface area contributed by atoms with E-state index in [9.17, 15) is 14.4 Å². The highest BCUT2D eigenvalue weighted by Gasteiger charge is 2.38. The number of ether oxygens (including phenoxy) is 4. The van der Waals surface area contributed by atoms with Crippen LogP contribution in [-0.2, 0) is 4.74 Å². The normalized spacial score (nSPS) is 16.4. The summed E-state index contributed by atoms with van der Waals surface area (Å²) >= 11 is 0. The van der Waals surface area contributed by atoms with Gasteiger partial charge in [0.15, 0.2) is 17.2 Å². The number of pyridine rings is 3.